The van der Waals surface area contributed by atoms with Gasteiger partial charge in [0.25, 0.3) is 5.65 Å². The predicted molar refractivity (Wildman–Crippen MR) is 80.4 cm³/mol. The first-order chi connectivity index (χ1) is 9.93. The van der Waals surface area contributed by atoms with Crippen LogP contribution in [0.5, 0.6) is 0 Å². The molecule has 0 fully saturated rings. The van der Waals surface area contributed by atoms with Crippen molar-refractivity contribution < 1.29 is 4.57 Å². The van der Waals surface area contributed by atoms with E-state index in [1.165, 1.54) is 43.8 Å². The van der Waals surface area contributed by atoms with E-state index in [1.807, 2.05) is 0 Å². The van der Waals surface area contributed by atoms with E-state index in [1.54, 1.807) is 0 Å². The molecule has 0 bridgehead atoms. The summed E-state index contributed by atoms with van der Waals surface area (Å²) in [5.74, 6) is 0. The van der Waals surface area contributed by atoms with Gasteiger partial charge in [-0.2, -0.15) is 4.40 Å². The molecule has 0 saturated heterocycles. The Balaban J connectivity index is 2.21. The van der Waals surface area contributed by atoms with Gasteiger partial charge in [-0.05, 0) is 30.3 Å². The summed E-state index contributed by atoms with van der Waals surface area (Å²) in [5, 5.41) is 5.50. The number of para-hydroxylation sites is 2. The van der Waals surface area contributed by atoms with E-state index in [4.69, 9.17) is 0 Å². The van der Waals surface area contributed by atoms with Crippen molar-refractivity contribution in [1.82, 2.24) is 4.40 Å². The van der Waals surface area contributed by atoms with Crippen molar-refractivity contribution >= 4 is 38.2 Å². The molecule has 92 valence electrons. The molecule has 0 aliphatic carbocycles. The highest BCUT2D eigenvalue weighted by Crippen LogP contribution is 2.40. The third-order valence-electron chi connectivity index (χ3n) is 4.78. The largest absolute Gasteiger partial charge is 0.295 e. The monoisotopic (exact) mass is 255 g/mol. The Morgan fingerprint density at radius 3 is 2.35 bits per heavy atom. The summed E-state index contributed by atoms with van der Waals surface area (Å²) in [7, 11) is 0. The molecule has 0 amide bonds. The van der Waals surface area contributed by atoms with Gasteiger partial charge < -0.3 is 0 Å². The molecule has 2 nitrogen and oxygen atoms in total. The lowest BCUT2D eigenvalue weighted by atomic mass is 10.1. The molecule has 4 heterocycles. The lowest BCUT2D eigenvalue weighted by molar-refractivity contribution is -0.665. The van der Waals surface area contributed by atoms with E-state index in [-0.39, 0.29) is 0 Å². The standard InChI is InChI=1S/C18H11N2/c1-4-11-10-19-9-3-8-15-14-7-2-6-13-12(5-1)16(11)20(17(13)14)18(15)19/h1-9H,10H2/q+1. The summed E-state index contributed by atoms with van der Waals surface area (Å²) in [6.45, 7) is 0.973. The fourth-order valence-electron chi connectivity index (χ4n) is 4.06. The van der Waals surface area contributed by atoms with Crippen molar-refractivity contribution in [1.29, 1.82) is 0 Å². The van der Waals surface area contributed by atoms with Gasteiger partial charge in [0, 0.05) is 21.7 Å². The van der Waals surface area contributed by atoms with Crippen molar-refractivity contribution in [2.24, 2.45) is 0 Å². The first-order valence-electron chi connectivity index (χ1n) is 7.02. The minimum Gasteiger partial charge on any atom is -0.229 e. The second-order valence-corrected chi connectivity index (χ2v) is 5.72. The van der Waals surface area contributed by atoms with Gasteiger partial charge in [0.05, 0.1) is 11.6 Å². The van der Waals surface area contributed by atoms with Crippen LogP contribution in [-0.4, -0.2) is 4.40 Å². The molecule has 2 aromatic carbocycles. The third-order valence-corrected chi connectivity index (χ3v) is 4.78. The predicted octanol–water partition coefficient (Wildman–Crippen LogP) is 3.49. The molecular formula is C18H11N2+. The zero-order valence-corrected chi connectivity index (χ0v) is 10.8. The highest BCUT2D eigenvalue weighted by atomic mass is 15.1. The summed E-state index contributed by atoms with van der Waals surface area (Å²) in [6.07, 6.45) is 2.19. The second-order valence-electron chi connectivity index (χ2n) is 5.72. The Hall–Kier alpha value is -2.61. The second kappa shape index (κ2) is 2.78. The minimum atomic E-state index is 0.973. The van der Waals surface area contributed by atoms with Crippen LogP contribution in [0.1, 0.15) is 5.56 Å². The van der Waals surface area contributed by atoms with Crippen molar-refractivity contribution in [3.05, 3.63) is 60.3 Å². The molecule has 0 saturated carbocycles. The number of rotatable bonds is 0. The Bertz CT molecular complexity index is 1080. The van der Waals surface area contributed by atoms with Gasteiger partial charge in [-0.1, -0.05) is 18.2 Å². The number of hydrogen-bond acceptors (Lipinski definition) is 0. The van der Waals surface area contributed by atoms with Crippen LogP contribution in [0.3, 0.4) is 0 Å². The number of aromatic nitrogens is 2. The zero-order valence-electron chi connectivity index (χ0n) is 10.8. The van der Waals surface area contributed by atoms with Gasteiger partial charge in [0.1, 0.15) is 17.6 Å². The molecule has 5 aromatic rings. The van der Waals surface area contributed by atoms with E-state index < -0.39 is 0 Å². The van der Waals surface area contributed by atoms with Crippen molar-refractivity contribution in [2.75, 3.05) is 0 Å². The summed E-state index contributed by atoms with van der Waals surface area (Å²) in [5.41, 5.74) is 5.54. The Morgan fingerprint density at radius 1 is 0.750 bits per heavy atom. The highest BCUT2D eigenvalue weighted by molar-refractivity contribution is 6.22. The molecule has 20 heavy (non-hydrogen) atoms. The molecule has 0 atom stereocenters. The van der Waals surface area contributed by atoms with E-state index in [9.17, 15) is 0 Å². The smallest absolute Gasteiger partial charge is 0.229 e. The molecule has 2 heteroatoms. The van der Waals surface area contributed by atoms with E-state index >= 15 is 0 Å². The van der Waals surface area contributed by atoms with Crippen LogP contribution >= 0.6 is 0 Å². The van der Waals surface area contributed by atoms with Crippen LogP contribution in [0.15, 0.2) is 54.7 Å². The molecule has 1 aliphatic heterocycles. The summed E-state index contributed by atoms with van der Waals surface area (Å²) >= 11 is 0. The van der Waals surface area contributed by atoms with Gasteiger partial charge >= 0.3 is 0 Å². The first kappa shape index (κ1) is 9.32. The van der Waals surface area contributed by atoms with Gasteiger partial charge in [0.15, 0.2) is 0 Å². The summed E-state index contributed by atoms with van der Waals surface area (Å²) < 4.78 is 4.84. The Kier molecular flexibility index (Phi) is 1.29. The maximum Gasteiger partial charge on any atom is 0.295 e. The topological polar surface area (TPSA) is 8.29 Å². The average Bonchev–Trinajstić information content (AvgIpc) is 3.01. The maximum atomic E-state index is 2.47. The fourth-order valence-corrected chi connectivity index (χ4v) is 4.06. The van der Waals surface area contributed by atoms with Crippen LogP contribution in [0, 0.1) is 0 Å². The van der Waals surface area contributed by atoms with Crippen molar-refractivity contribution in [2.45, 2.75) is 6.54 Å². The van der Waals surface area contributed by atoms with Crippen LogP contribution in [0.4, 0.5) is 0 Å². The van der Waals surface area contributed by atoms with E-state index in [0.29, 0.717) is 0 Å². The number of fused-ring (bicyclic) bond motifs is 2. The summed E-state index contributed by atoms with van der Waals surface area (Å²) in [4.78, 5) is 0. The number of benzene rings is 2. The van der Waals surface area contributed by atoms with E-state index in [0.717, 1.165) is 6.54 Å². The number of hydrogen-bond donors (Lipinski definition) is 0. The molecule has 0 unspecified atom stereocenters. The fraction of sp³-hybridized carbons (Fsp3) is 0.0556. The molecule has 3 aromatic heterocycles. The van der Waals surface area contributed by atoms with Crippen LogP contribution in [0.2, 0.25) is 0 Å². The Labute approximate surface area is 114 Å². The zero-order chi connectivity index (χ0) is 12.8. The molecule has 0 spiro atoms. The normalized spacial score (nSPS) is 13.8. The van der Waals surface area contributed by atoms with Crippen LogP contribution in [-0.2, 0) is 6.54 Å². The Morgan fingerprint density at radius 2 is 1.45 bits per heavy atom. The van der Waals surface area contributed by atoms with Crippen molar-refractivity contribution in [3.63, 3.8) is 0 Å². The summed E-state index contributed by atoms with van der Waals surface area (Å²) in [6, 6.07) is 17.8. The molecular weight excluding hydrogens is 244 g/mol. The first-order valence-corrected chi connectivity index (χ1v) is 7.02. The van der Waals surface area contributed by atoms with E-state index in [2.05, 4.69) is 63.7 Å². The lowest BCUT2D eigenvalue weighted by Crippen LogP contribution is -2.37. The van der Waals surface area contributed by atoms with Gasteiger partial charge in [0.2, 0.25) is 0 Å². The maximum absolute atomic E-state index is 2.47. The molecule has 0 radical (unpaired) electrons. The highest BCUT2D eigenvalue weighted by Gasteiger charge is 2.30. The van der Waals surface area contributed by atoms with Gasteiger partial charge in [-0.15, -0.1) is 0 Å². The van der Waals surface area contributed by atoms with Crippen LogP contribution in [0.25, 0.3) is 38.2 Å². The number of nitrogens with zero attached hydrogens (tertiary/aromatic N) is 2. The molecule has 6 rings (SSSR count). The average molecular weight is 255 g/mol. The van der Waals surface area contributed by atoms with Crippen LogP contribution < -0.4 is 4.57 Å². The minimum absolute atomic E-state index is 0.973. The molecule has 1 aliphatic rings. The molecule has 0 N–H and O–H groups in total. The SMILES string of the molecule is c1cc2c3c(c1)c1cccc4c5ccc[n+](c5n3c14)C2. The van der Waals surface area contributed by atoms with Gasteiger partial charge in [-0.25, -0.2) is 4.57 Å². The lowest BCUT2D eigenvalue weighted by Gasteiger charge is -2.08. The van der Waals surface area contributed by atoms with Gasteiger partial charge in [-0.3, -0.25) is 0 Å². The third kappa shape index (κ3) is 0.793. The number of pyridine rings is 1. The quantitative estimate of drug-likeness (QED) is 0.367. The van der Waals surface area contributed by atoms with Crippen molar-refractivity contribution in [3.8, 4) is 0 Å².